The summed E-state index contributed by atoms with van der Waals surface area (Å²) in [7, 11) is 0. The second-order valence-electron chi connectivity index (χ2n) is 3.82. The maximum atomic E-state index is 11.3. The molecular weight excluding hydrogens is 178 g/mol. The zero-order valence-electron chi connectivity index (χ0n) is 8.62. The molecule has 0 aromatic carbocycles. The van der Waals surface area contributed by atoms with Gasteiger partial charge in [0.05, 0.1) is 6.54 Å². The van der Waals surface area contributed by atoms with Gasteiger partial charge >= 0.3 is 5.97 Å². The van der Waals surface area contributed by atoms with Crippen LogP contribution in [0.5, 0.6) is 0 Å². The molecule has 1 unspecified atom stereocenters. The topological polar surface area (TPSA) is 40.5 Å². The predicted molar refractivity (Wildman–Crippen MR) is 54.9 cm³/mol. The number of hydrogen-bond donors (Lipinski definition) is 1. The SMILES string of the molecule is C#CCN1CCCC1(CCC)C(=O)O. The zero-order valence-corrected chi connectivity index (χ0v) is 8.62. The quantitative estimate of drug-likeness (QED) is 0.688. The summed E-state index contributed by atoms with van der Waals surface area (Å²) < 4.78 is 0. The van der Waals surface area contributed by atoms with Crippen molar-refractivity contribution in [3.05, 3.63) is 0 Å². The molecule has 1 atom stereocenters. The second kappa shape index (κ2) is 4.47. The fourth-order valence-electron chi connectivity index (χ4n) is 2.32. The minimum atomic E-state index is -0.716. The van der Waals surface area contributed by atoms with Crippen LogP contribution in [0.1, 0.15) is 32.6 Å². The van der Waals surface area contributed by atoms with Crippen LogP contribution in [0.3, 0.4) is 0 Å². The molecule has 1 aliphatic rings. The molecule has 0 aliphatic carbocycles. The highest BCUT2D eigenvalue weighted by Gasteiger charge is 2.46. The van der Waals surface area contributed by atoms with Crippen molar-refractivity contribution >= 4 is 5.97 Å². The van der Waals surface area contributed by atoms with Crippen LogP contribution in [-0.4, -0.2) is 34.6 Å². The molecule has 1 aliphatic heterocycles. The van der Waals surface area contributed by atoms with Crippen molar-refractivity contribution < 1.29 is 9.90 Å². The van der Waals surface area contributed by atoms with Gasteiger partial charge in [0.2, 0.25) is 0 Å². The Morgan fingerprint density at radius 3 is 2.93 bits per heavy atom. The van der Waals surface area contributed by atoms with E-state index in [0.29, 0.717) is 13.0 Å². The molecule has 1 fully saturated rings. The summed E-state index contributed by atoms with van der Waals surface area (Å²) in [6.07, 6.45) is 8.49. The molecule has 3 nitrogen and oxygen atoms in total. The van der Waals surface area contributed by atoms with Gasteiger partial charge in [-0.3, -0.25) is 9.69 Å². The van der Waals surface area contributed by atoms with E-state index in [1.54, 1.807) is 0 Å². The standard InChI is InChI=1S/C11H17NO2/c1-3-6-11(10(13)14)7-5-9-12(11)8-4-2/h2H,3,5-9H2,1H3,(H,13,14). The van der Waals surface area contributed by atoms with Gasteiger partial charge in [-0.05, 0) is 19.3 Å². The summed E-state index contributed by atoms with van der Waals surface area (Å²) in [5.41, 5.74) is -0.679. The predicted octanol–water partition coefficient (Wildman–Crippen LogP) is 1.34. The van der Waals surface area contributed by atoms with E-state index < -0.39 is 11.5 Å². The molecule has 1 rings (SSSR count). The summed E-state index contributed by atoms with van der Waals surface area (Å²) in [6.45, 7) is 3.28. The number of carbonyl (C=O) groups is 1. The Morgan fingerprint density at radius 1 is 1.71 bits per heavy atom. The van der Waals surface area contributed by atoms with E-state index in [1.165, 1.54) is 0 Å². The molecule has 0 aromatic rings. The summed E-state index contributed by atoms with van der Waals surface area (Å²) in [6, 6.07) is 0. The lowest BCUT2D eigenvalue weighted by Gasteiger charge is -2.33. The van der Waals surface area contributed by atoms with Crippen LogP contribution in [0.25, 0.3) is 0 Å². The van der Waals surface area contributed by atoms with E-state index in [1.807, 2.05) is 11.8 Å². The van der Waals surface area contributed by atoms with Crippen molar-refractivity contribution in [2.75, 3.05) is 13.1 Å². The fraction of sp³-hybridized carbons (Fsp3) is 0.727. The largest absolute Gasteiger partial charge is 0.480 e. The monoisotopic (exact) mass is 195 g/mol. The van der Waals surface area contributed by atoms with Crippen molar-refractivity contribution in [3.8, 4) is 12.3 Å². The van der Waals surface area contributed by atoms with Crippen LogP contribution in [0.15, 0.2) is 0 Å². The number of likely N-dealkylation sites (tertiary alicyclic amines) is 1. The average molecular weight is 195 g/mol. The summed E-state index contributed by atoms with van der Waals surface area (Å²) in [4.78, 5) is 13.2. The molecule has 0 spiro atoms. The lowest BCUT2D eigenvalue weighted by molar-refractivity contribution is -0.149. The minimum absolute atomic E-state index is 0.451. The van der Waals surface area contributed by atoms with Gasteiger partial charge in [-0.1, -0.05) is 19.3 Å². The van der Waals surface area contributed by atoms with Crippen molar-refractivity contribution in [2.45, 2.75) is 38.1 Å². The Kier molecular flexibility index (Phi) is 3.54. The summed E-state index contributed by atoms with van der Waals surface area (Å²) in [5.74, 6) is 1.82. The lowest BCUT2D eigenvalue weighted by Crippen LogP contribution is -2.50. The fourth-order valence-corrected chi connectivity index (χ4v) is 2.32. The molecule has 0 aromatic heterocycles. The van der Waals surface area contributed by atoms with Gasteiger partial charge in [0.15, 0.2) is 0 Å². The summed E-state index contributed by atoms with van der Waals surface area (Å²) in [5, 5.41) is 9.28. The number of hydrogen-bond acceptors (Lipinski definition) is 2. The molecule has 14 heavy (non-hydrogen) atoms. The third-order valence-electron chi connectivity index (χ3n) is 2.97. The van der Waals surface area contributed by atoms with Gasteiger partial charge in [0.25, 0.3) is 0 Å². The number of rotatable bonds is 4. The highest BCUT2D eigenvalue weighted by Crippen LogP contribution is 2.33. The highest BCUT2D eigenvalue weighted by molar-refractivity contribution is 5.79. The van der Waals surface area contributed by atoms with Crippen LogP contribution < -0.4 is 0 Å². The Hall–Kier alpha value is -1.01. The van der Waals surface area contributed by atoms with Crippen molar-refractivity contribution in [2.24, 2.45) is 0 Å². The van der Waals surface area contributed by atoms with Crippen molar-refractivity contribution in [1.29, 1.82) is 0 Å². The number of terminal acetylenes is 1. The molecule has 78 valence electrons. The molecule has 1 N–H and O–H groups in total. The average Bonchev–Trinajstić information content (AvgIpc) is 2.51. The van der Waals surface area contributed by atoms with E-state index in [2.05, 4.69) is 5.92 Å². The van der Waals surface area contributed by atoms with Crippen LogP contribution >= 0.6 is 0 Å². The van der Waals surface area contributed by atoms with Crippen molar-refractivity contribution in [1.82, 2.24) is 4.90 Å². The number of nitrogens with zero attached hydrogens (tertiary/aromatic N) is 1. The van der Waals surface area contributed by atoms with Crippen LogP contribution in [0, 0.1) is 12.3 Å². The molecule has 1 heterocycles. The molecule has 0 bridgehead atoms. The zero-order chi connectivity index (χ0) is 10.6. The van der Waals surface area contributed by atoms with Gasteiger partial charge in [0, 0.05) is 6.54 Å². The Morgan fingerprint density at radius 2 is 2.43 bits per heavy atom. The maximum absolute atomic E-state index is 11.3. The number of aliphatic carboxylic acids is 1. The van der Waals surface area contributed by atoms with E-state index in [4.69, 9.17) is 6.42 Å². The van der Waals surface area contributed by atoms with Crippen LogP contribution in [0.4, 0.5) is 0 Å². The van der Waals surface area contributed by atoms with Gasteiger partial charge in [-0.15, -0.1) is 6.42 Å². The first-order chi connectivity index (χ1) is 6.67. The molecular formula is C11H17NO2. The van der Waals surface area contributed by atoms with Crippen LogP contribution in [-0.2, 0) is 4.79 Å². The molecule has 0 saturated carbocycles. The smallest absolute Gasteiger partial charge is 0.324 e. The lowest BCUT2D eigenvalue weighted by atomic mass is 9.91. The second-order valence-corrected chi connectivity index (χ2v) is 3.82. The molecule has 1 saturated heterocycles. The third-order valence-corrected chi connectivity index (χ3v) is 2.97. The van der Waals surface area contributed by atoms with E-state index in [-0.39, 0.29) is 0 Å². The van der Waals surface area contributed by atoms with Gasteiger partial charge in [-0.2, -0.15) is 0 Å². The molecule has 3 heteroatoms. The number of carboxylic acids is 1. The Balaban J connectivity index is 2.84. The first-order valence-electron chi connectivity index (χ1n) is 5.09. The van der Waals surface area contributed by atoms with Gasteiger partial charge < -0.3 is 5.11 Å². The normalized spacial score (nSPS) is 27.4. The van der Waals surface area contributed by atoms with Gasteiger partial charge in [-0.25, -0.2) is 0 Å². The van der Waals surface area contributed by atoms with E-state index in [0.717, 1.165) is 25.8 Å². The minimum Gasteiger partial charge on any atom is -0.480 e. The third kappa shape index (κ3) is 1.76. The Bertz CT molecular complexity index is 257. The first-order valence-corrected chi connectivity index (χ1v) is 5.09. The Labute approximate surface area is 85.1 Å². The first kappa shape index (κ1) is 11.1. The molecule has 0 amide bonds. The molecule has 0 radical (unpaired) electrons. The van der Waals surface area contributed by atoms with E-state index in [9.17, 15) is 9.90 Å². The van der Waals surface area contributed by atoms with Gasteiger partial charge in [0.1, 0.15) is 5.54 Å². The summed E-state index contributed by atoms with van der Waals surface area (Å²) >= 11 is 0. The van der Waals surface area contributed by atoms with Crippen LogP contribution in [0.2, 0.25) is 0 Å². The van der Waals surface area contributed by atoms with E-state index >= 15 is 0 Å². The number of carboxylic acid groups (broad SMARTS) is 1. The highest BCUT2D eigenvalue weighted by atomic mass is 16.4. The maximum Gasteiger partial charge on any atom is 0.324 e. The van der Waals surface area contributed by atoms with Crippen molar-refractivity contribution in [3.63, 3.8) is 0 Å².